The van der Waals surface area contributed by atoms with Gasteiger partial charge in [0.05, 0.1) is 12.2 Å². The van der Waals surface area contributed by atoms with E-state index in [0.717, 1.165) is 0 Å². The van der Waals surface area contributed by atoms with Crippen LogP contribution in [0.25, 0.3) is 0 Å². The highest BCUT2D eigenvalue weighted by molar-refractivity contribution is 5.23. The van der Waals surface area contributed by atoms with Gasteiger partial charge in [-0.15, -0.1) is 0 Å². The molecule has 18 heavy (non-hydrogen) atoms. The summed E-state index contributed by atoms with van der Waals surface area (Å²) >= 11 is 0. The van der Waals surface area contributed by atoms with Crippen molar-refractivity contribution in [1.82, 2.24) is 9.55 Å². The molecule has 0 bridgehead atoms. The molecule has 0 saturated carbocycles. The van der Waals surface area contributed by atoms with E-state index in [1.807, 2.05) is 0 Å². The van der Waals surface area contributed by atoms with Gasteiger partial charge in [-0.2, -0.15) is 4.98 Å². The molecule has 1 aromatic rings. The lowest BCUT2D eigenvalue weighted by atomic mass is 9.97. The van der Waals surface area contributed by atoms with Crippen molar-refractivity contribution >= 4 is 5.82 Å². The van der Waals surface area contributed by atoms with Crippen molar-refractivity contribution in [2.75, 3.05) is 5.73 Å². The maximum Gasteiger partial charge on any atom is 0.351 e. The molecule has 0 aliphatic carbocycles. The maximum atomic E-state index is 11.7. The van der Waals surface area contributed by atoms with Gasteiger partial charge in [0, 0.05) is 12.1 Å². The lowest BCUT2D eigenvalue weighted by molar-refractivity contribution is -0.0748. The van der Waals surface area contributed by atoms with Crippen LogP contribution in [0.5, 0.6) is 0 Å². The van der Waals surface area contributed by atoms with Gasteiger partial charge < -0.3 is 20.7 Å². The Kier molecular flexibility index (Phi) is 3.38. The molecular weight excluding hydrogens is 238 g/mol. The average molecular weight is 255 g/mol. The van der Waals surface area contributed by atoms with Gasteiger partial charge in [0.2, 0.25) is 0 Å². The number of rotatable bonds is 2. The first-order valence-electron chi connectivity index (χ1n) is 5.78. The summed E-state index contributed by atoms with van der Waals surface area (Å²) < 4.78 is 6.72. The summed E-state index contributed by atoms with van der Waals surface area (Å²) in [6, 6.07) is 1.46. The van der Waals surface area contributed by atoms with E-state index in [4.69, 9.17) is 10.5 Å². The van der Waals surface area contributed by atoms with E-state index in [1.165, 1.54) is 16.8 Å². The fraction of sp³-hybridized carbons (Fsp3) is 0.636. The molecule has 100 valence electrons. The number of nitrogens with zero attached hydrogens (tertiary/aromatic N) is 2. The Morgan fingerprint density at radius 1 is 1.61 bits per heavy atom. The third-order valence-electron chi connectivity index (χ3n) is 3.25. The number of aliphatic hydroxyl groups excluding tert-OH is 2. The van der Waals surface area contributed by atoms with Crippen LogP contribution in [0.4, 0.5) is 5.82 Å². The predicted molar refractivity (Wildman–Crippen MR) is 63.7 cm³/mol. The SMILES string of the molecule is C[C@H]1[C@@H](O)[C@H](n2ccc(N)nc2=O)O[C@@H]1[C@@H](C)O. The van der Waals surface area contributed by atoms with E-state index >= 15 is 0 Å². The number of hydrogen-bond acceptors (Lipinski definition) is 6. The number of anilines is 1. The molecule has 2 rings (SSSR count). The summed E-state index contributed by atoms with van der Waals surface area (Å²) in [6.45, 7) is 3.35. The minimum atomic E-state index is -0.882. The second kappa shape index (κ2) is 4.68. The third-order valence-corrected chi connectivity index (χ3v) is 3.25. The van der Waals surface area contributed by atoms with E-state index in [0.29, 0.717) is 0 Å². The molecule has 1 aromatic heterocycles. The van der Waals surface area contributed by atoms with Gasteiger partial charge in [-0.05, 0) is 13.0 Å². The summed E-state index contributed by atoms with van der Waals surface area (Å²) in [6.07, 6.45) is -1.55. The normalized spacial score (nSPS) is 33.6. The topological polar surface area (TPSA) is 111 Å². The molecule has 0 unspecified atom stereocenters. The molecule has 7 nitrogen and oxygen atoms in total. The highest BCUT2D eigenvalue weighted by atomic mass is 16.5. The second-order valence-electron chi connectivity index (χ2n) is 4.62. The lowest BCUT2D eigenvalue weighted by Gasteiger charge is -2.18. The zero-order valence-electron chi connectivity index (χ0n) is 10.2. The first-order chi connectivity index (χ1) is 8.41. The predicted octanol–water partition coefficient (Wildman–Crippen LogP) is -0.899. The number of aliphatic hydroxyl groups is 2. The van der Waals surface area contributed by atoms with Crippen LogP contribution in [0.2, 0.25) is 0 Å². The summed E-state index contributed by atoms with van der Waals surface area (Å²) in [5.74, 6) is -0.164. The first kappa shape index (κ1) is 13.0. The summed E-state index contributed by atoms with van der Waals surface area (Å²) in [4.78, 5) is 15.3. The molecule has 0 radical (unpaired) electrons. The fourth-order valence-electron chi connectivity index (χ4n) is 2.22. The van der Waals surface area contributed by atoms with Crippen LogP contribution >= 0.6 is 0 Å². The molecule has 4 N–H and O–H groups in total. The standard InChI is InChI=1S/C11H17N3O4/c1-5-8(16)10(18-9(5)6(2)15)14-4-3-7(12)13-11(14)17/h3-6,8-10,15-16H,1-2H3,(H2,12,13,17)/t5-,6+,8+,9-,10+/m0/s1. The van der Waals surface area contributed by atoms with Gasteiger partial charge in [0.15, 0.2) is 6.23 Å². The van der Waals surface area contributed by atoms with Gasteiger partial charge in [-0.25, -0.2) is 4.79 Å². The molecular formula is C11H17N3O4. The Balaban J connectivity index is 2.32. The van der Waals surface area contributed by atoms with Crippen LogP contribution in [0, 0.1) is 5.92 Å². The Hall–Kier alpha value is -1.44. The average Bonchev–Trinajstić information content (AvgIpc) is 2.57. The van der Waals surface area contributed by atoms with Crippen LogP contribution < -0.4 is 11.4 Å². The highest BCUT2D eigenvalue weighted by Gasteiger charge is 2.44. The quantitative estimate of drug-likeness (QED) is 0.631. The number of aromatic nitrogens is 2. The summed E-state index contributed by atoms with van der Waals surface area (Å²) in [7, 11) is 0. The number of nitrogen functional groups attached to an aromatic ring is 1. The van der Waals surface area contributed by atoms with E-state index < -0.39 is 30.2 Å². The fourth-order valence-corrected chi connectivity index (χ4v) is 2.22. The van der Waals surface area contributed by atoms with Crippen LogP contribution in [0.3, 0.4) is 0 Å². The molecule has 0 spiro atoms. The molecule has 1 aliphatic rings. The van der Waals surface area contributed by atoms with Crippen molar-refractivity contribution in [2.45, 2.75) is 38.4 Å². The van der Waals surface area contributed by atoms with Gasteiger partial charge in [-0.1, -0.05) is 6.92 Å². The smallest absolute Gasteiger partial charge is 0.351 e. The Labute approximate surface area is 104 Å². The molecule has 0 aromatic carbocycles. The van der Waals surface area contributed by atoms with Crippen LogP contribution in [0.1, 0.15) is 20.1 Å². The van der Waals surface area contributed by atoms with E-state index in [1.54, 1.807) is 13.8 Å². The molecule has 2 heterocycles. The molecule has 7 heteroatoms. The number of ether oxygens (including phenoxy) is 1. The van der Waals surface area contributed by atoms with Crippen molar-refractivity contribution in [3.8, 4) is 0 Å². The molecule has 5 atom stereocenters. The van der Waals surface area contributed by atoms with Crippen LogP contribution in [-0.4, -0.2) is 38.1 Å². The van der Waals surface area contributed by atoms with Crippen molar-refractivity contribution < 1.29 is 14.9 Å². The van der Waals surface area contributed by atoms with Crippen molar-refractivity contribution in [3.63, 3.8) is 0 Å². The minimum Gasteiger partial charge on any atom is -0.391 e. The Bertz CT molecular complexity index is 487. The lowest BCUT2D eigenvalue weighted by Crippen LogP contribution is -2.33. The first-order valence-corrected chi connectivity index (χ1v) is 5.78. The third kappa shape index (κ3) is 2.12. The molecule has 1 aliphatic heterocycles. The number of nitrogens with two attached hydrogens (primary N) is 1. The van der Waals surface area contributed by atoms with Crippen molar-refractivity contribution in [2.24, 2.45) is 5.92 Å². The summed E-state index contributed by atoms with van der Waals surface area (Å²) in [5, 5.41) is 19.6. The Morgan fingerprint density at radius 2 is 2.28 bits per heavy atom. The second-order valence-corrected chi connectivity index (χ2v) is 4.62. The Morgan fingerprint density at radius 3 is 2.78 bits per heavy atom. The minimum absolute atomic E-state index is 0.115. The highest BCUT2D eigenvalue weighted by Crippen LogP contribution is 2.34. The zero-order valence-corrected chi connectivity index (χ0v) is 10.2. The van der Waals surface area contributed by atoms with Crippen LogP contribution in [-0.2, 0) is 4.74 Å². The van der Waals surface area contributed by atoms with Gasteiger partial charge in [0.25, 0.3) is 0 Å². The summed E-state index contributed by atoms with van der Waals surface area (Å²) in [5.41, 5.74) is 4.81. The maximum absolute atomic E-state index is 11.7. The molecule has 1 fully saturated rings. The van der Waals surface area contributed by atoms with Crippen LogP contribution in [0.15, 0.2) is 17.1 Å². The number of hydrogen-bond donors (Lipinski definition) is 3. The zero-order chi connectivity index (χ0) is 13.4. The van der Waals surface area contributed by atoms with E-state index in [2.05, 4.69) is 4.98 Å². The monoisotopic (exact) mass is 255 g/mol. The van der Waals surface area contributed by atoms with Crippen molar-refractivity contribution in [1.29, 1.82) is 0 Å². The molecule has 1 saturated heterocycles. The van der Waals surface area contributed by atoms with E-state index in [-0.39, 0.29) is 11.7 Å². The largest absolute Gasteiger partial charge is 0.391 e. The van der Waals surface area contributed by atoms with Crippen molar-refractivity contribution in [3.05, 3.63) is 22.7 Å². The molecule has 0 amide bonds. The van der Waals surface area contributed by atoms with Gasteiger partial charge >= 0.3 is 5.69 Å². The van der Waals surface area contributed by atoms with Gasteiger partial charge in [0.1, 0.15) is 11.9 Å². The van der Waals surface area contributed by atoms with Gasteiger partial charge in [-0.3, -0.25) is 4.57 Å². The van der Waals surface area contributed by atoms with E-state index in [9.17, 15) is 15.0 Å².